The average Bonchev–Trinajstić information content (AvgIpc) is 2.50. The van der Waals surface area contributed by atoms with E-state index in [0.29, 0.717) is 6.54 Å². The zero-order valence-corrected chi connectivity index (χ0v) is 13.0. The van der Waals surface area contributed by atoms with Gasteiger partial charge in [-0.3, -0.25) is 4.79 Å². The lowest BCUT2D eigenvalue weighted by Gasteiger charge is -2.32. The maximum absolute atomic E-state index is 12.3. The second-order valence-corrected chi connectivity index (χ2v) is 5.90. The standard InChI is InChI=1S/C14H20BrN3O/c1-10-8-11(15)4-5-12(10)18-7-3-6-17(2)14(19)13(18)9-16/h4-5,8,13H,3,6-7,9,16H2,1-2H3. The summed E-state index contributed by atoms with van der Waals surface area (Å²) in [6, 6.07) is 5.88. The normalized spacial score (nSPS) is 20.6. The SMILES string of the molecule is Cc1cc(Br)ccc1N1CCCN(C)C(=O)C1CN. The molecule has 1 unspecified atom stereocenters. The highest BCUT2D eigenvalue weighted by molar-refractivity contribution is 9.10. The molecule has 0 saturated carbocycles. The number of anilines is 1. The Balaban J connectivity index is 2.37. The lowest BCUT2D eigenvalue weighted by Crippen LogP contribution is -2.49. The monoisotopic (exact) mass is 325 g/mol. The van der Waals surface area contributed by atoms with Crippen molar-refractivity contribution in [3.8, 4) is 0 Å². The van der Waals surface area contributed by atoms with Crippen LogP contribution in [0.2, 0.25) is 0 Å². The van der Waals surface area contributed by atoms with Crippen molar-refractivity contribution >= 4 is 27.5 Å². The number of nitrogens with two attached hydrogens (primary N) is 1. The fraction of sp³-hybridized carbons (Fsp3) is 0.500. The molecule has 1 amide bonds. The largest absolute Gasteiger partial charge is 0.358 e. The van der Waals surface area contributed by atoms with Crippen LogP contribution in [0.15, 0.2) is 22.7 Å². The fourth-order valence-electron chi connectivity index (χ4n) is 2.59. The molecule has 1 heterocycles. The van der Waals surface area contributed by atoms with Crippen molar-refractivity contribution in [2.45, 2.75) is 19.4 Å². The fourth-order valence-corrected chi connectivity index (χ4v) is 3.07. The van der Waals surface area contributed by atoms with Gasteiger partial charge in [0.25, 0.3) is 0 Å². The van der Waals surface area contributed by atoms with E-state index in [1.165, 1.54) is 0 Å². The number of hydrogen-bond acceptors (Lipinski definition) is 3. The van der Waals surface area contributed by atoms with E-state index in [2.05, 4.69) is 39.9 Å². The number of amides is 1. The minimum Gasteiger partial charge on any atom is -0.358 e. The van der Waals surface area contributed by atoms with Crippen molar-refractivity contribution in [3.05, 3.63) is 28.2 Å². The van der Waals surface area contributed by atoms with Crippen LogP contribution in [0.25, 0.3) is 0 Å². The van der Waals surface area contributed by atoms with Crippen molar-refractivity contribution in [2.24, 2.45) is 5.73 Å². The Morgan fingerprint density at radius 3 is 2.79 bits per heavy atom. The van der Waals surface area contributed by atoms with Gasteiger partial charge in [0.1, 0.15) is 6.04 Å². The third-order valence-corrected chi connectivity index (χ3v) is 4.11. The van der Waals surface area contributed by atoms with E-state index in [0.717, 1.165) is 35.2 Å². The number of carbonyl (C=O) groups excluding carboxylic acids is 1. The highest BCUT2D eigenvalue weighted by Gasteiger charge is 2.30. The van der Waals surface area contributed by atoms with Crippen molar-refractivity contribution in [1.82, 2.24) is 4.90 Å². The maximum atomic E-state index is 12.3. The van der Waals surface area contributed by atoms with E-state index in [-0.39, 0.29) is 11.9 Å². The van der Waals surface area contributed by atoms with Crippen LogP contribution in [-0.4, -0.2) is 43.5 Å². The summed E-state index contributed by atoms with van der Waals surface area (Å²) >= 11 is 3.47. The lowest BCUT2D eigenvalue weighted by molar-refractivity contribution is -0.130. The second-order valence-electron chi connectivity index (χ2n) is 4.99. The van der Waals surface area contributed by atoms with Gasteiger partial charge in [0.15, 0.2) is 0 Å². The summed E-state index contributed by atoms with van der Waals surface area (Å²) in [6.07, 6.45) is 0.967. The van der Waals surface area contributed by atoms with Gasteiger partial charge in [0.05, 0.1) is 0 Å². The zero-order valence-electron chi connectivity index (χ0n) is 11.4. The first-order valence-corrected chi connectivity index (χ1v) is 7.31. The molecule has 0 spiro atoms. The van der Waals surface area contributed by atoms with Crippen molar-refractivity contribution in [1.29, 1.82) is 0 Å². The molecule has 1 aliphatic rings. The molecule has 1 saturated heterocycles. The molecular formula is C14H20BrN3O. The van der Waals surface area contributed by atoms with E-state index < -0.39 is 0 Å². The van der Waals surface area contributed by atoms with Crippen molar-refractivity contribution < 1.29 is 4.79 Å². The molecule has 4 nitrogen and oxygen atoms in total. The highest BCUT2D eigenvalue weighted by atomic mass is 79.9. The van der Waals surface area contributed by atoms with Gasteiger partial charge in [-0.05, 0) is 37.1 Å². The Labute approximate surface area is 122 Å². The van der Waals surface area contributed by atoms with E-state index in [1.54, 1.807) is 4.90 Å². The minimum absolute atomic E-state index is 0.113. The number of carbonyl (C=O) groups is 1. The molecule has 1 aliphatic heterocycles. The second kappa shape index (κ2) is 5.92. The van der Waals surface area contributed by atoms with Crippen LogP contribution >= 0.6 is 15.9 Å². The van der Waals surface area contributed by atoms with Gasteiger partial charge in [-0.2, -0.15) is 0 Å². The van der Waals surface area contributed by atoms with Crippen LogP contribution in [0, 0.1) is 6.92 Å². The molecule has 5 heteroatoms. The molecule has 2 N–H and O–H groups in total. The highest BCUT2D eigenvalue weighted by Crippen LogP contribution is 2.27. The van der Waals surface area contributed by atoms with Crippen molar-refractivity contribution in [2.75, 3.05) is 31.6 Å². The summed E-state index contributed by atoms with van der Waals surface area (Å²) in [4.78, 5) is 16.3. The van der Waals surface area contributed by atoms with E-state index >= 15 is 0 Å². The summed E-state index contributed by atoms with van der Waals surface area (Å²) in [5.41, 5.74) is 8.09. The molecule has 1 fully saturated rings. The average molecular weight is 326 g/mol. The molecule has 1 aromatic carbocycles. The molecule has 1 atom stereocenters. The van der Waals surface area contributed by atoms with Crippen LogP contribution in [0.4, 0.5) is 5.69 Å². The summed E-state index contributed by atoms with van der Waals surface area (Å²) in [7, 11) is 1.85. The Kier molecular flexibility index (Phi) is 4.47. The van der Waals surface area contributed by atoms with Gasteiger partial charge in [0.2, 0.25) is 5.91 Å². The van der Waals surface area contributed by atoms with E-state index in [4.69, 9.17) is 5.73 Å². The number of hydrogen-bond donors (Lipinski definition) is 1. The third-order valence-electron chi connectivity index (χ3n) is 3.62. The molecule has 0 bridgehead atoms. The van der Waals surface area contributed by atoms with Gasteiger partial charge in [-0.1, -0.05) is 15.9 Å². The first kappa shape index (κ1) is 14.3. The summed E-state index contributed by atoms with van der Waals surface area (Å²) in [5.74, 6) is 0.113. The van der Waals surface area contributed by atoms with Crippen LogP contribution in [0.5, 0.6) is 0 Å². The van der Waals surface area contributed by atoms with Gasteiger partial charge in [0, 0.05) is 36.8 Å². The van der Waals surface area contributed by atoms with Gasteiger partial charge >= 0.3 is 0 Å². The first-order valence-electron chi connectivity index (χ1n) is 6.52. The predicted octanol–water partition coefficient (Wildman–Crippen LogP) is 1.75. The molecular weight excluding hydrogens is 306 g/mol. The molecule has 0 radical (unpaired) electrons. The summed E-state index contributed by atoms with van der Waals surface area (Å²) in [6.45, 7) is 4.06. The number of rotatable bonds is 2. The van der Waals surface area contributed by atoms with Crippen LogP contribution in [0.1, 0.15) is 12.0 Å². The maximum Gasteiger partial charge on any atom is 0.246 e. The Morgan fingerprint density at radius 1 is 1.42 bits per heavy atom. The van der Waals surface area contributed by atoms with Crippen LogP contribution < -0.4 is 10.6 Å². The predicted molar refractivity (Wildman–Crippen MR) is 81.3 cm³/mol. The molecule has 104 valence electrons. The van der Waals surface area contributed by atoms with Crippen molar-refractivity contribution in [3.63, 3.8) is 0 Å². The zero-order chi connectivity index (χ0) is 14.0. The number of likely N-dealkylation sites (N-methyl/N-ethyl adjacent to an activating group) is 1. The van der Waals surface area contributed by atoms with E-state index in [9.17, 15) is 4.79 Å². The van der Waals surface area contributed by atoms with E-state index in [1.807, 2.05) is 13.1 Å². The van der Waals surface area contributed by atoms with Gasteiger partial charge in [-0.25, -0.2) is 0 Å². The van der Waals surface area contributed by atoms with Gasteiger partial charge in [-0.15, -0.1) is 0 Å². The number of nitrogens with zero attached hydrogens (tertiary/aromatic N) is 2. The topological polar surface area (TPSA) is 49.6 Å². The lowest BCUT2D eigenvalue weighted by atomic mass is 10.1. The number of halogens is 1. The third kappa shape index (κ3) is 2.92. The smallest absolute Gasteiger partial charge is 0.246 e. The van der Waals surface area contributed by atoms with Gasteiger partial charge < -0.3 is 15.5 Å². The van der Waals surface area contributed by atoms with Crippen LogP contribution in [-0.2, 0) is 4.79 Å². The summed E-state index contributed by atoms with van der Waals surface area (Å²) in [5, 5.41) is 0. The molecule has 0 aliphatic carbocycles. The molecule has 1 aromatic rings. The quantitative estimate of drug-likeness (QED) is 0.901. The molecule has 2 rings (SSSR count). The Hall–Kier alpha value is -1.07. The number of benzene rings is 1. The van der Waals surface area contributed by atoms with Crippen LogP contribution in [0.3, 0.4) is 0 Å². The number of aryl methyl sites for hydroxylation is 1. The first-order chi connectivity index (χ1) is 9.04. The Bertz CT molecular complexity index is 478. The summed E-state index contributed by atoms with van der Waals surface area (Å²) < 4.78 is 1.05. The molecule has 19 heavy (non-hydrogen) atoms. The minimum atomic E-state index is -0.257. The molecule has 0 aromatic heterocycles. The Morgan fingerprint density at radius 2 is 2.16 bits per heavy atom.